The van der Waals surface area contributed by atoms with Crippen LogP contribution in [-0.2, 0) is 19.5 Å². The fraction of sp³-hybridized carbons (Fsp3) is 0.333. The Morgan fingerprint density at radius 2 is 1.69 bits per heavy atom. The van der Waals surface area contributed by atoms with Crippen molar-refractivity contribution in [1.29, 1.82) is 0 Å². The quantitative estimate of drug-likeness (QED) is 0.269. The Bertz CT molecular complexity index is 796. The zero-order valence-electron chi connectivity index (χ0n) is 14.5. The molecule has 2 rings (SSSR count). The highest BCUT2D eigenvalue weighted by Crippen LogP contribution is 2.13. The molecule has 0 heterocycles. The molecular weight excluding hydrogens is 330 g/mol. The Balaban J connectivity index is 1.71. The van der Waals surface area contributed by atoms with E-state index in [2.05, 4.69) is 37.5 Å². The standard InChI is InChI=1S/C18H21N7O/c19-24-22-13-16-5-1-4-15(10-16)7-3-9-21-12-17-6-2-8-18(11-17)26-14-23-25-20/h1-2,4-6,8,10-11,21H,3,7,9,12-14H2. The van der Waals surface area contributed by atoms with E-state index in [0.717, 1.165) is 37.1 Å². The predicted molar refractivity (Wildman–Crippen MR) is 100 cm³/mol. The number of hydrogen-bond donors (Lipinski definition) is 1. The van der Waals surface area contributed by atoms with Crippen molar-refractivity contribution in [3.05, 3.63) is 86.1 Å². The van der Waals surface area contributed by atoms with Crippen LogP contribution < -0.4 is 10.1 Å². The SMILES string of the molecule is [N-]=[N+]=NCOc1cccc(CNCCCc2cccc(CN=[N+]=[N-])c2)c1. The van der Waals surface area contributed by atoms with Gasteiger partial charge in [0.15, 0.2) is 6.73 Å². The van der Waals surface area contributed by atoms with E-state index in [-0.39, 0.29) is 6.73 Å². The summed E-state index contributed by atoms with van der Waals surface area (Å²) >= 11 is 0. The number of nitrogens with one attached hydrogen (secondary N) is 1. The first kappa shape index (κ1) is 19.1. The summed E-state index contributed by atoms with van der Waals surface area (Å²) in [4.78, 5) is 5.44. The third kappa shape index (κ3) is 7.15. The first-order chi connectivity index (χ1) is 12.8. The number of azide groups is 2. The Morgan fingerprint density at radius 3 is 2.54 bits per heavy atom. The van der Waals surface area contributed by atoms with Crippen LogP contribution in [0.5, 0.6) is 5.75 Å². The fourth-order valence-electron chi connectivity index (χ4n) is 2.52. The van der Waals surface area contributed by atoms with Gasteiger partial charge >= 0.3 is 0 Å². The van der Waals surface area contributed by atoms with Crippen molar-refractivity contribution >= 4 is 0 Å². The summed E-state index contributed by atoms with van der Waals surface area (Å²) in [6.45, 7) is 2.02. The molecule has 0 aromatic heterocycles. The van der Waals surface area contributed by atoms with E-state index in [4.69, 9.17) is 15.8 Å². The van der Waals surface area contributed by atoms with Crippen LogP contribution in [0.25, 0.3) is 20.9 Å². The summed E-state index contributed by atoms with van der Waals surface area (Å²) in [5.41, 5.74) is 20.0. The van der Waals surface area contributed by atoms with Crippen LogP contribution in [0.2, 0.25) is 0 Å². The summed E-state index contributed by atoms with van der Waals surface area (Å²) < 4.78 is 5.33. The highest BCUT2D eigenvalue weighted by atomic mass is 16.5. The van der Waals surface area contributed by atoms with Crippen molar-refractivity contribution in [2.75, 3.05) is 13.3 Å². The van der Waals surface area contributed by atoms with Gasteiger partial charge in [-0.2, -0.15) is 0 Å². The molecule has 0 amide bonds. The van der Waals surface area contributed by atoms with Crippen molar-refractivity contribution in [2.24, 2.45) is 10.2 Å². The van der Waals surface area contributed by atoms with Crippen LogP contribution in [0.4, 0.5) is 0 Å². The Morgan fingerprint density at radius 1 is 0.923 bits per heavy atom. The van der Waals surface area contributed by atoms with E-state index in [1.165, 1.54) is 5.56 Å². The van der Waals surface area contributed by atoms with Gasteiger partial charge in [-0.25, -0.2) is 0 Å². The lowest BCUT2D eigenvalue weighted by atomic mass is 10.1. The second-order valence-corrected chi connectivity index (χ2v) is 5.64. The van der Waals surface area contributed by atoms with E-state index in [1.807, 2.05) is 36.4 Å². The Labute approximate surface area is 152 Å². The van der Waals surface area contributed by atoms with Gasteiger partial charge in [-0.15, -0.1) is 0 Å². The van der Waals surface area contributed by atoms with Crippen molar-refractivity contribution in [1.82, 2.24) is 5.32 Å². The summed E-state index contributed by atoms with van der Waals surface area (Å²) in [5.74, 6) is 0.688. The van der Waals surface area contributed by atoms with Gasteiger partial charge in [-0.1, -0.05) is 46.6 Å². The minimum absolute atomic E-state index is 0.00781. The molecule has 0 saturated carbocycles. The normalized spacial score (nSPS) is 9.85. The smallest absolute Gasteiger partial charge is 0.167 e. The minimum atomic E-state index is -0.00781. The van der Waals surface area contributed by atoms with E-state index >= 15 is 0 Å². The van der Waals surface area contributed by atoms with Gasteiger partial charge in [-0.3, -0.25) is 0 Å². The molecule has 0 fully saturated rings. The molecule has 0 atom stereocenters. The van der Waals surface area contributed by atoms with E-state index in [0.29, 0.717) is 12.3 Å². The summed E-state index contributed by atoms with van der Waals surface area (Å²) in [6, 6.07) is 15.8. The zero-order valence-corrected chi connectivity index (χ0v) is 14.5. The lowest BCUT2D eigenvalue weighted by Crippen LogP contribution is -2.15. The molecule has 134 valence electrons. The summed E-state index contributed by atoms with van der Waals surface area (Å²) in [6.07, 6.45) is 1.98. The van der Waals surface area contributed by atoms with Crippen molar-refractivity contribution in [3.63, 3.8) is 0 Å². The summed E-state index contributed by atoms with van der Waals surface area (Å²) in [7, 11) is 0. The number of benzene rings is 2. The molecule has 0 aliphatic rings. The van der Waals surface area contributed by atoms with Crippen molar-refractivity contribution < 1.29 is 4.74 Å². The van der Waals surface area contributed by atoms with E-state index in [9.17, 15) is 0 Å². The van der Waals surface area contributed by atoms with Crippen molar-refractivity contribution in [3.8, 4) is 5.75 Å². The molecule has 8 nitrogen and oxygen atoms in total. The van der Waals surface area contributed by atoms with Gasteiger partial charge < -0.3 is 10.1 Å². The molecular formula is C18H21N7O. The van der Waals surface area contributed by atoms with Gasteiger partial charge in [0.25, 0.3) is 0 Å². The molecule has 26 heavy (non-hydrogen) atoms. The zero-order chi connectivity index (χ0) is 18.5. The van der Waals surface area contributed by atoms with E-state index in [1.54, 1.807) is 0 Å². The highest BCUT2D eigenvalue weighted by molar-refractivity contribution is 5.28. The second kappa shape index (κ2) is 11.4. The number of aryl methyl sites for hydroxylation is 1. The average Bonchev–Trinajstić information content (AvgIpc) is 2.67. The molecule has 2 aromatic rings. The maximum Gasteiger partial charge on any atom is 0.167 e. The molecule has 8 heteroatoms. The predicted octanol–water partition coefficient (Wildman–Crippen LogP) is 4.87. The first-order valence-electron chi connectivity index (χ1n) is 8.34. The number of rotatable bonds is 11. The maximum atomic E-state index is 8.39. The Hall–Kier alpha value is -3.18. The van der Waals surface area contributed by atoms with Gasteiger partial charge in [-0.05, 0) is 59.3 Å². The fourth-order valence-corrected chi connectivity index (χ4v) is 2.52. The van der Waals surface area contributed by atoms with Gasteiger partial charge in [0, 0.05) is 16.4 Å². The van der Waals surface area contributed by atoms with E-state index < -0.39 is 0 Å². The van der Waals surface area contributed by atoms with Gasteiger partial charge in [0.05, 0.1) is 6.54 Å². The average molecular weight is 351 g/mol. The first-order valence-corrected chi connectivity index (χ1v) is 8.34. The molecule has 1 N–H and O–H groups in total. The minimum Gasteiger partial charge on any atom is -0.488 e. The topological polar surface area (TPSA) is 119 Å². The Kier molecular flexibility index (Phi) is 8.39. The molecule has 0 aliphatic carbocycles. The molecule has 0 bridgehead atoms. The molecule has 0 spiro atoms. The van der Waals surface area contributed by atoms with Crippen molar-refractivity contribution in [2.45, 2.75) is 25.9 Å². The molecule has 0 radical (unpaired) electrons. The third-order valence-electron chi connectivity index (χ3n) is 3.71. The largest absolute Gasteiger partial charge is 0.488 e. The van der Waals surface area contributed by atoms with Gasteiger partial charge in [0.1, 0.15) is 5.75 Å². The third-order valence-corrected chi connectivity index (χ3v) is 3.71. The van der Waals surface area contributed by atoms with Crippen LogP contribution >= 0.6 is 0 Å². The molecule has 0 aliphatic heterocycles. The van der Waals surface area contributed by atoms with Crippen LogP contribution in [-0.4, -0.2) is 13.3 Å². The maximum absolute atomic E-state index is 8.39. The lowest BCUT2D eigenvalue weighted by molar-refractivity contribution is 0.329. The monoisotopic (exact) mass is 351 g/mol. The second-order valence-electron chi connectivity index (χ2n) is 5.64. The van der Waals surface area contributed by atoms with Crippen LogP contribution in [0, 0.1) is 0 Å². The van der Waals surface area contributed by atoms with Gasteiger partial charge in [0.2, 0.25) is 0 Å². The number of nitrogens with zero attached hydrogens (tertiary/aromatic N) is 6. The van der Waals surface area contributed by atoms with Crippen LogP contribution in [0.1, 0.15) is 23.1 Å². The highest BCUT2D eigenvalue weighted by Gasteiger charge is 1.99. The number of ether oxygens (including phenoxy) is 1. The molecule has 0 saturated heterocycles. The summed E-state index contributed by atoms with van der Waals surface area (Å²) in [5, 5.41) is 10.4. The lowest BCUT2D eigenvalue weighted by Gasteiger charge is -2.08. The van der Waals surface area contributed by atoms with Crippen LogP contribution in [0.15, 0.2) is 58.8 Å². The van der Waals surface area contributed by atoms with Crippen LogP contribution in [0.3, 0.4) is 0 Å². The molecule has 0 unspecified atom stereocenters. The molecule has 2 aromatic carbocycles. The number of hydrogen-bond acceptors (Lipinski definition) is 4.